The fraction of sp³-hybridized carbons (Fsp3) is 0.0526. The molecule has 1 heterocycles. The second-order valence-corrected chi connectivity index (χ2v) is 6.47. The molecule has 3 rings (SSSR count). The Kier molecular flexibility index (Phi) is 4.43. The number of aromatic nitrogens is 1. The normalized spacial score (nSPS) is 10.5. The van der Waals surface area contributed by atoms with Crippen LogP contribution in [0.15, 0.2) is 53.1 Å². The second-order valence-electron chi connectivity index (χ2n) is 5.55. The van der Waals surface area contributed by atoms with E-state index < -0.39 is 5.82 Å². The molecule has 0 aliphatic rings. The van der Waals surface area contributed by atoms with Crippen LogP contribution in [0.5, 0.6) is 0 Å². The van der Waals surface area contributed by atoms with Crippen molar-refractivity contribution in [3.8, 4) is 11.8 Å². The SMILES string of the molecule is Cc1cc(Br)ccc1-n1cc(C#N)c(N)c1C(=O)c1ccc(F)cc1. The van der Waals surface area contributed by atoms with E-state index in [2.05, 4.69) is 15.9 Å². The minimum Gasteiger partial charge on any atom is -0.396 e. The van der Waals surface area contributed by atoms with E-state index in [4.69, 9.17) is 5.73 Å². The van der Waals surface area contributed by atoms with Gasteiger partial charge in [0.05, 0.1) is 11.3 Å². The smallest absolute Gasteiger partial charge is 0.211 e. The van der Waals surface area contributed by atoms with Crippen molar-refractivity contribution in [1.29, 1.82) is 5.26 Å². The topological polar surface area (TPSA) is 71.8 Å². The number of hydrogen-bond donors (Lipinski definition) is 1. The molecule has 25 heavy (non-hydrogen) atoms. The Balaban J connectivity index is 2.22. The Morgan fingerprint density at radius 1 is 1.24 bits per heavy atom. The molecule has 0 saturated heterocycles. The van der Waals surface area contributed by atoms with Crippen molar-refractivity contribution in [2.45, 2.75) is 6.92 Å². The quantitative estimate of drug-likeness (QED) is 0.666. The maximum Gasteiger partial charge on any atom is 0.211 e. The van der Waals surface area contributed by atoms with Crippen molar-refractivity contribution in [1.82, 2.24) is 4.57 Å². The van der Waals surface area contributed by atoms with E-state index in [1.165, 1.54) is 24.3 Å². The minimum absolute atomic E-state index is 0.110. The van der Waals surface area contributed by atoms with Crippen molar-refractivity contribution in [3.05, 3.63) is 81.3 Å². The van der Waals surface area contributed by atoms with Gasteiger partial charge in [-0.3, -0.25) is 4.79 Å². The second kappa shape index (κ2) is 6.54. The fourth-order valence-corrected chi connectivity index (χ4v) is 3.13. The molecular weight excluding hydrogens is 385 g/mol. The van der Waals surface area contributed by atoms with Gasteiger partial charge in [0.25, 0.3) is 0 Å². The van der Waals surface area contributed by atoms with E-state index >= 15 is 0 Å². The molecule has 4 nitrogen and oxygen atoms in total. The number of nitrogens with two attached hydrogens (primary N) is 1. The Bertz CT molecular complexity index is 1020. The van der Waals surface area contributed by atoms with Gasteiger partial charge in [-0.15, -0.1) is 0 Å². The Morgan fingerprint density at radius 3 is 2.52 bits per heavy atom. The van der Waals surface area contributed by atoms with Gasteiger partial charge in [-0.05, 0) is 55.0 Å². The molecule has 0 bridgehead atoms. The monoisotopic (exact) mass is 397 g/mol. The highest BCUT2D eigenvalue weighted by Crippen LogP contribution is 2.29. The lowest BCUT2D eigenvalue weighted by atomic mass is 10.1. The number of ketones is 1. The lowest BCUT2D eigenvalue weighted by Gasteiger charge is -2.12. The lowest BCUT2D eigenvalue weighted by Crippen LogP contribution is -2.11. The third kappa shape index (κ3) is 3.06. The number of carbonyl (C=O) groups excluding carboxylic acids is 1. The number of nitrogens with zero attached hydrogens (tertiary/aromatic N) is 2. The third-order valence-corrected chi connectivity index (χ3v) is 4.40. The molecule has 0 atom stereocenters. The van der Waals surface area contributed by atoms with Crippen LogP contribution in [0.1, 0.15) is 27.2 Å². The molecule has 2 N–H and O–H groups in total. The zero-order valence-electron chi connectivity index (χ0n) is 13.3. The number of rotatable bonds is 3. The molecule has 124 valence electrons. The number of aryl methyl sites for hydroxylation is 1. The zero-order chi connectivity index (χ0) is 18.1. The van der Waals surface area contributed by atoms with Crippen LogP contribution in [0.4, 0.5) is 10.1 Å². The molecule has 3 aromatic rings. The first-order chi connectivity index (χ1) is 11.9. The van der Waals surface area contributed by atoms with Crippen LogP contribution < -0.4 is 5.73 Å². The number of hydrogen-bond acceptors (Lipinski definition) is 3. The minimum atomic E-state index is -0.429. The van der Waals surface area contributed by atoms with Crippen LogP contribution in [-0.2, 0) is 0 Å². The molecule has 6 heteroatoms. The highest BCUT2D eigenvalue weighted by atomic mass is 79.9. The summed E-state index contributed by atoms with van der Waals surface area (Å²) in [7, 11) is 0. The van der Waals surface area contributed by atoms with Gasteiger partial charge in [0, 0.05) is 21.9 Å². The van der Waals surface area contributed by atoms with Gasteiger partial charge < -0.3 is 10.3 Å². The number of nitriles is 1. The molecule has 0 unspecified atom stereocenters. The van der Waals surface area contributed by atoms with Crippen molar-refractivity contribution >= 4 is 27.4 Å². The molecule has 0 aliphatic heterocycles. The standard InChI is InChI=1S/C19H13BrFN3O/c1-11-8-14(20)4-7-16(11)24-10-13(9-22)17(23)18(24)19(25)12-2-5-15(21)6-3-12/h2-8,10H,23H2,1H3. The van der Waals surface area contributed by atoms with Gasteiger partial charge in [-0.1, -0.05) is 15.9 Å². The number of nitrogen functional groups attached to an aromatic ring is 1. The highest BCUT2D eigenvalue weighted by Gasteiger charge is 2.23. The largest absolute Gasteiger partial charge is 0.396 e. The first kappa shape index (κ1) is 16.9. The summed E-state index contributed by atoms with van der Waals surface area (Å²) in [4.78, 5) is 12.9. The van der Waals surface area contributed by atoms with Crippen LogP contribution in [0.3, 0.4) is 0 Å². The van der Waals surface area contributed by atoms with Crippen LogP contribution in [-0.4, -0.2) is 10.4 Å². The first-order valence-corrected chi connectivity index (χ1v) is 8.19. The van der Waals surface area contributed by atoms with Gasteiger partial charge in [0.15, 0.2) is 0 Å². The summed E-state index contributed by atoms with van der Waals surface area (Å²) in [5.41, 5.74) is 8.51. The average Bonchev–Trinajstić information content (AvgIpc) is 2.91. The average molecular weight is 398 g/mol. The maximum absolute atomic E-state index is 13.1. The third-order valence-electron chi connectivity index (χ3n) is 3.90. The van der Waals surface area contributed by atoms with Gasteiger partial charge in [0.1, 0.15) is 17.6 Å². The Morgan fingerprint density at radius 2 is 1.92 bits per heavy atom. The van der Waals surface area contributed by atoms with Crippen LogP contribution in [0.2, 0.25) is 0 Å². The van der Waals surface area contributed by atoms with Crippen molar-refractivity contribution in [2.75, 3.05) is 5.73 Å². The summed E-state index contributed by atoms with van der Waals surface area (Å²) in [6, 6.07) is 12.8. The van der Waals surface area contributed by atoms with Gasteiger partial charge >= 0.3 is 0 Å². The van der Waals surface area contributed by atoms with Crippen LogP contribution in [0, 0.1) is 24.1 Å². The highest BCUT2D eigenvalue weighted by molar-refractivity contribution is 9.10. The summed E-state index contributed by atoms with van der Waals surface area (Å²) in [6.07, 6.45) is 1.54. The number of carbonyl (C=O) groups is 1. The van der Waals surface area contributed by atoms with Gasteiger partial charge in [-0.2, -0.15) is 5.26 Å². The molecular formula is C19H13BrFN3O. The van der Waals surface area contributed by atoms with E-state index in [1.54, 1.807) is 10.8 Å². The number of halogens is 2. The van der Waals surface area contributed by atoms with E-state index in [-0.39, 0.29) is 22.7 Å². The first-order valence-electron chi connectivity index (χ1n) is 7.40. The number of anilines is 1. The van der Waals surface area contributed by atoms with Gasteiger partial charge in [0.2, 0.25) is 5.78 Å². The van der Waals surface area contributed by atoms with E-state index in [9.17, 15) is 14.4 Å². The molecule has 0 amide bonds. The molecule has 1 aromatic heterocycles. The molecule has 0 saturated carbocycles. The summed E-state index contributed by atoms with van der Waals surface area (Å²) in [6.45, 7) is 1.90. The predicted octanol–water partition coefficient (Wildman–Crippen LogP) is 4.37. The van der Waals surface area contributed by atoms with E-state index in [0.717, 1.165) is 15.7 Å². The summed E-state index contributed by atoms with van der Waals surface area (Å²) in [5.74, 6) is -0.803. The summed E-state index contributed by atoms with van der Waals surface area (Å²) < 4.78 is 15.7. The van der Waals surface area contributed by atoms with Crippen LogP contribution >= 0.6 is 15.9 Å². The predicted molar refractivity (Wildman–Crippen MR) is 97.2 cm³/mol. The van der Waals surface area contributed by atoms with Crippen LogP contribution in [0.25, 0.3) is 5.69 Å². The van der Waals surface area contributed by atoms with Gasteiger partial charge in [-0.25, -0.2) is 4.39 Å². The van der Waals surface area contributed by atoms with E-state index in [0.29, 0.717) is 5.56 Å². The Labute approximate surface area is 152 Å². The molecule has 0 aliphatic carbocycles. The zero-order valence-corrected chi connectivity index (χ0v) is 14.8. The molecule has 0 fully saturated rings. The molecule has 2 aromatic carbocycles. The fourth-order valence-electron chi connectivity index (χ4n) is 2.66. The molecule has 0 radical (unpaired) electrons. The lowest BCUT2D eigenvalue weighted by molar-refractivity contribution is 0.103. The van der Waals surface area contributed by atoms with Crippen molar-refractivity contribution in [3.63, 3.8) is 0 Å². The summed E-state index contributed by atoms with van der Waals surface area (Å²) >= 11 is 3.40. The Hall–Kier alpha value is -2.91. The summed E-state index contributed by atoms with van der Waals surface area (Å²) in [5, 5.41) is 9.29. The molecule has 0 spiro atoms. The maximum atomic E-state index is 13.1. The van der Waals surface area contributed by atoms with Crippen molar-refractivity contribution < 1.29 is 9.18 Å². The number of benzene rings is 2. The van der Waals surface area contributed by atoms with Crippen molar-refractivity contribution in [2.24, 2.45) is 0 Å². The van der Waals surface area contributed by atoms with E-state index in [1.807, 2.05) is 31.2 Å².